The van der Waals surface area contributed by atoms with Crippen molar-refractivity contribution in [2.45, 2.75) is 36.6 Å². The average Bonchev–Trinajstić information content (AvgIpc) is 2.73. The number of carbonyl (C=O) groups is 1. The number of thioether (sulfide) groups is 1. The van der Waals surface area contributed by atoms with E-state index in [1.54, 1.807) is 0 Å². The second-order valence-corrected chi connectivity index (χ2v) is 6.80. The first kappa shape index (κ1) is 15.1. The number of amides is 1. The quantitative estimate of drug-likeness (QED) is 0.945. The number of nitrogens with one attached hydrogen (secondary N) is 1. The van der Waals surface area contributed by atoms with E-state index in [4.69, 9.17) is 0 Å². The lowest BCUT2D eigenvalue weighted by Gasteiger charge is -2.12. The van der Waals surface area contributed by atoms with Crippen molar-refractivity contribution < 1.29 is 4.79 Å². The molecule has 0 bridgehead atoms. The molecule has 0 spiro atoms. The zero-order chi connectivity index (χ0) is 15.5. The van der Waals surface area contributed by atoms with Gasteiger partial charge in [0.15, 0.2) is 11.0 Å². The van der Waals surface area contributed by atoms with Gasteiger partial charge < -0.3 is 9.88 Å². The monoisotopic (exact) mass is 316 g/mol. The summed E-state index contributed by atoms with van der Waals surface area (Å²) in [4.78, 5) is 12.1. The fourth-order valence-electron chi connectivity index (χ4n) is 2.60. The fourth-order valence-corrected chi connectivity index (χ4v) is 3.67. The van der Waals surface area contributed by atoms with Gasteiger partial charge in [0, 0.05) is 19.2 Å². The molecule has 5 nitrogen and oxygen atoms in total. The second-order valence-electron chi connectivity index (χ2n) is 5.63. The number of aromatic nitrogens is 3. The van der Waals surface area contributed by atoms with Crippen LogP contribution in [0.15, 0.2) is 29.4 Å². The van der Waals surface area contributed by atoms with Crippen LogP contribution in [0.25, 0.3) is 11.4 Å². The lowest BCUT2D eigenvalue weighted by atomic mass is 10.1. The average molecular weight is 316 g/mol. The van der Waals surface area contributed by atoms with Gasteiger partial charge in [-0.1, -0.05) is 41.9 Å². The molecule has 2 aromatic rings. The minimum Gasteiger partial charge on any atom is -0.355 e. The summed E-state index contributed by atoms with van der Waals surface area (Å²) in [6, 6.07) is 8.21. The summed E-state index contributed by atoms with van der Waals surface area (Å²) in [7, 11) is 1.95. The molecule has 1 amide bonds. The van der Waals surface area contributed by atoms with Crippen molar-refractivity contribution >= 4 is 17.7 Å². The topological polar surface area (TPSA) is 59.8 Å². The summed E-state index contributed by atoms with van der Waals surface area (Å²) in [5, 5.41) is 12.3. The van der Waals surface area contributed by atoms with Crippen molar-refractivity contribution in [2.75, 3.05) is 6.54 Å². The molecule has 1 atom stereocenters. The van der Waals surface area contributed by atoms with E-state index in [0.29, 0.717) is 0 Å². The van der Waals surface area contributed by atoms with Gasteiger partial charge in [-0.2, -0.15) is 0 Å². The first-order valence-electron chi connectivity index (χ1n) is 7.56. The molecule has 0 aliphatic carbocycles. The van der Waals surface area contributed by atoms with Crippen LogP contribution in [-0.2, 0) is 11.8 Å². The predicted molar refractivity (Wildman–Crippen MR) is 87.7 cm³/mol. The summed E-state index contributed by atoms with van der Waals surface area (Å²) < 4.78 is 1.97. The van der Waals surface area contributed by atoms with Crippen LogP contribution in [0, 0.1) is 6.92 Å². The Morgan fingerprint density at radius 1 is 1.32 bits per heavy atom. The van der Waals surface area contributed by atoms with Crippen LogP contribution in [0.1, 0.15) is 24.8 Å². The highest BCUT2D eigenvalue weighted by molar-refractivity contribution is 8.00. The highest BCUT2D eigenvalue weighted by Gasteiger charge is 2.24. The van der Waals surface area contributed by atoms with Crippen LogP contribution in [0.2, 0.25) is 0 Å². The molecule has 2 heterocycles. The summed E-state index contributed by atoms with van der Waals surface area (Å²) in [6.45, 7) is 2.84. The van der Waals surface area contributed by atoms with Gasteiger partial charge in [0.05, 0.1) is 5.25 Å². The lowest BCUT2D eigenvalue weighted by molar-refractivity contribution is -0.120. The van der Waals surface area contributed by atoms with Crippen LogP contribution in [0.3, 0.4) is 0 Å². The molecule has 1 aromatic carbocycles. The molecule has 1 fully saturated rings. The molecule has 1 aromatic heterocycles. The number of carbonyl (C=O) groups excluding carboxylic acids is 1. The van der Waals surface area contributed by atoms with Crippen LogP contribution >= 0.6 is 11.8 Å². The third kappa shape index (κ3) is 3.16. The van der Waals surface area contributed by atoms with Crippen molar-refractivity contribution in [3.63, 3.8) is 0 Å². The maximum Gasteiger partial charge on any atom is 0.233 e. The van der Waals surface area contributed by atoms with Gasteiger partial charge in [-0.25, -0.2) is 0 Å². The minimum atomic E-state index is -0.0734. The maximum atomic E-state index is 12.1. The Morgan fingerprint density at radius 3 is 3.00 bits per heavy atom. The van der Waals surface area contributed by atoms with E-state index < -0.39 is 0 Å². The second kappa shape index (κ2) is 6.52. The zero-order valence-corrected chi connectivity index (χ0v) is 13.7. The van der Waals surface area contributed by atoms with E-state index in [2.05, 4.69) is 34.6 Å². The molecular weight excluding hydrogens is 296 g/mol. The molecule has 6 heteroatoms. The summed E-state index contributed by atoms with van der Waals surface area (Å²) >= 11 is 1.51. The van der Waals surface area contributed by atoms with Crippen LogP contribution in [0.4, 0.5) is 0 Å². The SMILES string of the molecule is Cc1cccc(-c2nnc(S[C@@H]3CCCCNC3=O)n2C)c1. The van der Waals surface area contributed by atoms with E-state index in [-0.39, 0.29) is 11.2 Å². The number of rotatable bonds is 3. The molecule has 0 unspecified atom stereocenters. The zero-order valence-electron chi connectivity index (χ0n) is 12.9. The van der Waals surface area contributed by atoms with Crippen molar-refractivity contribution in [2.24, 2.45) is 7.05 Å². The van der Waals surface area contributed by atoms with E-state index in [1.807, 2.05) is 23.7 Å². The van der Waals surface area contributed by atoms with Gasteiger partial charge in [0.25, 0.3) is 0 Å². The van der Waals surface area contributed by atoms with Crippen molar-refractivity contribution in [3.8, 4) is 11.4 Å². The number of hydrogen-bond donors (Lipinski definition) is 1. The Balaban J connectivity index is 1.82. The summed E-state index contributed by atoms with van der Waals surface area (Å²) in [5.74, 6) is 0.947. The molecule has 22 heavy (non-hydrogen) atoms. The van der Waals surface area contributed by atoms with E-state index in [0.717, 1.165) is 42.4 Å². The highest BCUT2D eigenvalue weighted by Crippen LogP contribution is 2.29. The molecule has 1 saturated heterocycles. The van der Waals surface area contributed by atoms with Crippen molar-refractivity contribution in [1.82, 2.24) is 20.1 Å². The first-order chi connectivity index (χ1) is 10.6. The molecule has 1 N–H and O–H groups in total. The van der Waals surface area contributed by atoms with E-state index >= 15 is 0 Å². The minimum absolute atomic E-state index is 0.0734. The van der Waals surface area contributed by atoms with Gasteiger partial charge in [-0.15, -0.1) is 10.2 Å². The number of hydrogen-bond acceptors (Lipinski definition) is 4. The smallest absolute Gasteiger partial charge is 0.233 e. The molecule has 116 valence electrons. The highest BCUT2D eigenvalue weighted by atomic mass is 32.2. The maximum absolute atomic E-state index is 12.1. The van der Waals surface area contributed by atoms with Gasteiger partial charge in [0.1, 0.15) is 0 Å². The molecule has 1 aliphatic rings. The van der Waals surface area contributed by atoms with Crippen molar-refractivity contribution in [3.05, 3.63) is 29.8 Å². The van der Waals surface area contributed by atoms with Gasteiger partial charge >= 0.3 is 0 Å². The summed E-state index contributed by atoms with van der Waals surface area (Å²) in [6.07, 6.45) is 3.01. The molecular formula is C16H20N4OS. The van der Waals surface area contributed by atoms with Gasteiger partial charge in [-0.3, -0.25) is 4.79 Å². The normalized spacial score (nSPS) is 18.8. The van der Waals surface area contributed by atoms with Crippen LogP contribution in [-0.4, -0.2) is 32.5 Å². The lowest BCUT2D eigenvalue weighted by Crippen LogP contribution is -2.30. The Labute approximate surface area is 134 Å². The van der Waals surface area contributed by atoms with E-state index in [9.17, 15) is 4.79 Å². The molecule has 3 rings (SSSR count). The number of aryl methyl sites for hydroxylation is 1. The first-order valence-corrected chi connectivity index (χ1v) is 8.44. The standard InChI is InChI=1S/C16H20N4OS/c1-11-6-5-7-12(10-11)14-18-19-16(20(14)2)22-13-8-3-4-9-17-15(13)21/h5-7,10,13H,3-4,8-9H2,1-2H3,(H,17,21)/t13-/m1/s1. The fraction of sp³-hybridized carbons (Fsp3) is 0.438. The summed E-state index contributed by atoms with van der Waals surface area (Å²) in [5.41, 5.74) is 2.24. The van der Waals surface area contributed by atoms with Crippen LogP contribution in [0.5, 0.6) is 0 Å². The van der Waals surface area contributed by atoms with E-state index in [1.165, 1.54) is 17.3 Å². The van der Waals surface area contributed by atoms with Gasteiger partial charge in [0.2, 0.25) is 5.91 Å². The number of benzene rings is 1. The van der Waals surface area contributed by atoms with Crippen LogP contribution < -0.4 is 5.32 Å². The Bertz CT molecular complexity index is 683. The van der Waals surface area contributed by atoms with Gasteiger partial charge in [-0.05, 0) is 25.8 Å². The third-order valence-corrected chi connectivity index (χ3v) is 5.14. The molecule has 0 saturated carbocycles. The Hall–Kier alpha value is -1.82. The Morgan fingerprint density at radius 2 is 2.18 bits per heavy atom. The number of nitrogens with zero attached hydrogens (tertiary/aromatic N) is 3. The predicted octanol–water partition coefficient (Wildman–Crippen LogP) is 2.55. The Kier molecular flexibility index (Phi) is 4.47. The van der Waals surface area contributed by atoms with Crippen molar-refractivity contribution in [1.29, 1.82) is 0 Å². The third-order valence-electron chi connectivity index (χ3n) is 3.84. The molecule has 0 radical (unpaired) electrons. The molecule has 1 aliphatic heterocycles. The largest absolute Gasteiger partial charge is 0.355 e.